The molecule has 1 fully saturated rings. The van der Waals surface area contributed by atoms with Crippen molar-refractivity contribution in [2.75, 3.05) is 31.0 Å². The van der Waals surface area contributed by atoms with Gasteiger partial charge in [-0.15, -0.1) is 0 Å². The molecule has 1 aliphatic heterocycles. The number of morpholine rings is 1. The van der Waals surface area contributed by atoms with Crippen LogP contribution in [-0.2, 0) is 27.1 Å². The monoisotopic (exact) mass is 394 g/mol. The molecule has 7 heteroatoms. The topological polar surface area (TPSA) is 58.6 Å². The summed E-state index contributed by atoms with van der Waals surface area (Å²) < 4.78 is 32.9. The van der Waals surface area contributed by atoms with E-state index in [0.717, 1.165) is 49.5 Å². The third-order valence-electron chi connectivity index (χ3n) is 4.43. The molecule has 0 spiro atoms. The van der Waals surface area contributed by atoms with Crippen molar-refractivity contribution in [2.45, 2.75) is 19.2 Å². The number of hydrogen-bond acceptors (Lipinski definition) is 4. The summed E-state index contributed by atoms with van der Waals surface area (Å²) in [6, 6.07) is 12.8. The highest BCUT2D eigenvalue weighted by atomic mass is 35.5. The highest BCUT2D eigenvalue weighted by Crippen LogP contribution is 2.24. The summed E-state index contributed by atoms with van der Waals surface area (Å²) in [6.07, 6.45) is 0. The summed E-state index contributed by atoms with van der Waals surface area (Å²) in [7, 11) is -3.50. The Balaban J connectivity index is 1.67. The molecular weight excluding hydrogens is 372 g/mol. The summed E-state index contributed by atoms with van der Waals surface area (Å²) >= 11 is 6.37. The van der Waals surface area contributed by atoms with E-state index in [1.54, 1.807) is 12.1 Å². The summed E-state index contributed by atoms with van der Waals surface area (Å²) in [5, 5.41) is 0.563. The lowest BCUT2D eigenvalue weighted by Gasteiger charge is -2.27. The van der Waals surface area contributed by atoms with Crippen molar-refractivity contribution in [2.24, 2.45) is 0 Å². The first-order valence-corrected chi connectivity index (χ1v) is 10.6. The van der Waals surface area contributed by atoms with Crippen molar-refractivity contribution < 1.29 is 13.2 Å². The molecule has 0 radical (unpaired) electrons. The number of halogens is 1. The Hall–Kier alpha value is -1.60. The van der Waals surface area contributed by atoms with Crippen molar-refractivity contribution in [1.29, 1.82) is 0 Å². The first-order chi connectivity index (χ1) is 12.4. The maximum absolute atomic E-state index is 12.5. The fourth-order valence-electron chi connectivity index (χ4n) is 2.93. The predicted octanol–water partition coefficient (Wildman–Crippen LogP) is 3.42. The molecule has 5 nitrogen and oxygen atoms in total. The molecule has 0 aromatic heterocycles. The normalized spacial score (nSPS) is 15.8. The molecule has 2 aromatic rings. The quantitative estimate of drug-likeness (QED) is 0.815. The third-order valence-corrected chi connectivity index (χ3v) is 6.02. The van der Waals surface area contributed by atoms with Crippen LogP contribution in [0.2, 0.25) is 5.02 Å². The molecule has 0 saturated carbocycles. The zero-order chi connectivity index (χ0) is 18.6. The molecule has 0 unspecified atom stereocenters. The van der Waals surface area contributed by atoms with Crippen LogP contribution >= 0.6 is 11.6 Å². The van der Waals surface area contributed by atoms with Crippen molar-refractivity contribution >= 4 is 27.3 Å². The van der Waals surface area contributed by atoms with Crippen LogP contribution in [0.15, 0.2) is 42.5 Å². The maximum Gasteiger partial charge on any atom is 0.236 e. The minimum absolute atomic E-state index is 0.0627. The Bertz CT molecular complexity index is 865. The van der Waals surface area contributed by atoms with E-state index in [9.17, 15) is 8.42 Å². The van der Waals surface area contributed by atoms with E-state index in [0.29, 0.717) is 10.7 Å². The van der Waals surface area contributed by atoms with Gasteiger partial charge in [0.2, 0.25) is 10.0 Å². The summed E-state index contributed by atoms with van der Waals surface area (Å²) in [4.78, 5) is 2.27. The van der Waals surface area contributed by atoms with E-state index in [-0.39, 0.29) is 5.75 Å². The Morgan fingerprint density at radius 3 is 2.54 bits per heavy atom. The molecule has 3 rings (SSSR count). The molecule has 1 heterocycles. The number of hydrogen-bond donors (Lipinski definition) is 1. The number of nitrogens with zero attached hydrogens (tertiary/aromatic N) is 1. The molecule has 2 aromatic carbocycles. The fourth-order valence-corrected chi connectivity index (χ4v) is 4.46. The molecule has 1 N–H and O–H groups in total. The molecule has 0 atom stereocenters. The van der Waals surface area contributed by atoms with Gasteiger partial charge in [0, 0.05) is 30.3 Å². The molecule has 1 saturated heterocycles. The third kappa shape index (κ3) is 5.20. The van der Waals surface area contributed by atoms with E-state index < -0.39 is 10.0 Å². The van der Waals surface area contributed by atoms with Crippen LogP contribution in [0.25, 0.3) is 0 Å². The second kappa shape index (κ2) is 8.39. The van der Waals surface area contributed by atoms with Gasteiger partial charge in [0.15, 0.2) is 0 Å². The lowest BCUT2D eigenvalue weighted by atomic mass is 10.1. The molecule has 1 aliphatic rings. The largest absolute Gasteiger partial charge is 0.379 e. The second-order valence-electron chi connectivity index (χ2n) is 6.48. The second-order valence-corrected chi connectivity index (χ2v) is 8.61. The predicted molar refractivity (Wildman–Crippen MR) is 105 cm³/mol. The minimum atomic E-state index is -3.50. The molecule has 0 bridgehead atoms. The molecule has 140 valence electrons. The van der Waals surface area contributed by atoms with Gasteiger partial charge in [-0.2, -0.15) is 0 Å². The van der Waals surface area contributed by atoms with Crippen LogP contribution in [0.1, 0.15) is 16.7 Å². The summed E-state index contributed by atoms with van der Waals surface area (Å²) in [6.45, 7) is 5.85. The van der Waals surface area contributed by atoms with E-state index in [2.05, 4.69) is 9.62 Å². The number of ether oxygens (including phenoxy) is 1. The van der Waals surface area contributed by atoms with Crippen LogP contribution in [0.4, 0.5) is 5.69 Å². The molecule has 0 aliphatic carbocycles. The Morgan fingerprint density at radius 1 is 1.12 bits per heavy atom. The highest BCUT2D eigenvalue weighted by molar-refractivity contribution is 7.91. The molecule has 0 amide bonds. The van der Waals surface area contributed by atoms with E-state index in [1.807, 2.05) is 37.3 Å². The van der Waals surface area contributed by atoms with Gasteiger partial charge in [-0.3, -0.25) is 9.62 Å². The fraction of sp³-hybridized carbons (Fsp3) is 0.368. The van der Waals surface area contributed by atoms with Crippen molar-refractivity contribution in [3.05, 3.63) is 64.2 Å². The highest BCUT2D eigenvalue weighted by Gasteiger charge is 2.16. The maximum atomic E-state index is 12.5. The first-order valence-electron chi connectivity index (χ1n) is 8.56. The summed E-state index contributed by atoms with van der Waals surface area (Å²) in [5.41, 5.74) is 3.21. The standard InChI is InChI=1S/C19H23ClN2O3S/c1-15-4-2-3-5-17(15)14-26(23,24)21-18-7-6-16(19(20)12-18)13-22-8-10-25-11-9-22/h2-7,12,21H,8-11,13-14H2,1H3. The Morgan fingerprint density at radius 2 is 1.85 bits per heavy atom. The smallest absolute Gasteiger partial charge is 0.236 e. The van der Waals surface area contributed by atoms with E-state index in [1.165, 1.54) is 0 Å². The van der Waals surface area contributed by atoms with Gasteiger partial charge in [-0.1, -0.05) is 41.9 Å². The van der Waals surface area contributed by atoms with Gasteiger partial charge in [0.05, 0.1) is 19.0 Å². The van der Waals surface area contributed by atoms with Gasteiger partial charge in [0.1, 0.15) is 0 Å². The van der Waals surface area contributed by atoms with Gasteiger partial charge < -0.3 is 4.74 Å². The lowest BCUT2D eigenvalue weighted by Crippen LogP contribution is -2.35. The minimum Gasteiger partial charge on any atom is -0.379 e. The zero-order valence-corrected chi connectivity index (χ0v) is 16.3. The summed E-state index contributed by atoms with van der Waals surface area (Å²) in [5.74, 6) is -0.0627. The number of sulfonamides is 1. The van der Waals surface area contributed by atoms with Gasteiger partial charge in [-0.05, 0) is 35.7 Å². The lowest BCUT2D eigenvalue weighted by molar-refractivity contribution is 0.0342. The van der Waals surface area contributed by atoms with E-state index >= 15 is 0 Å². The number of nitrogens with one attached hydrogen (secondary N) is 1. The van der Waals surface area contributed by atoms with Gasteiger partial charge >= 0.3 is 0 Å². The van der Waals surface area contributed by atoms with Crippen molar-refractivity contribution in [3.8, 4) is 0 Å². The van der Waals surface area contributed by atoms with E-state index in [4.69, 9.17) is 16.3 Å². The number of rotatable bonds is 6. The Labute approximate surface area is 160 Å². The number of aryl methyl sites for hydroxylation is 1. The van der Waals surface area contributed by atoms with Crippen LogP contribution in [0.5, 0.6) is 0 Å². The number of benzene rings is 2. The average molecular weight is 395 g/mol. The van der Waals surface area contributed by atoms with Crippen LogP contribution in [-0.4, -0.2) is 39.6 Å². The average Bonchev–Trinajstić information content (AvgIpc) is 2.60. The van der Waals surface area contributed by atoms with Crippen LogP contribution < -0.4 is 4.72 Å². The van der Waals surface area contributed by atoms with Crippen LogP contribution in [0, 0.1) is 6.92 Å². The van der Waals surface area contributed by atoms with Crippen molar-refractivity contribution in [3.63, 3.8) is 0 Å². The zero-order valence-electron chi connectivity index (χ0n) is 14.7. The SMILES string of the molecule is Cc1ccccc1CS(=O)(=O)Nc1ccc(CN2CCOCC2)c(Cl)c1. The van der Waals surface area contributed by atoms with Crippen molar-refractivity contribution in [1.82, 2.24) is 4.90 Å². The first kappa shape index (κ1) is 19.2. The Kier molecular flexibility index (Phi) is 6.19. The van der Waals surface area contributed by atoms with Gasteiger partial charge in [-0.25, -0.2) is 8.42 Å². The number of anilines is 1. The molecular formula is C19H23ClN2O3S. The molecule has 26 heavy (non-hydrogen) atoms. The van der Waals surface area contributed by atoms with Crippen LogP contribution in [0.3, 0.4) is 0 Å². The van der Waals surface area contributed by atoms with Gasteiger partial charge in [0.25, 0.3) is 0 Å².